The van der Waals surface area contributed by atoms with Crippen molar-refractivity contribution in [2.24, 2.45) is 11.1 Å². The zero-order chi connectivity index (χ0) is 31.1. The maximum absolute atomic E-state index is 12.3. The molecule has 9 nitrogen and oxygen atoms in total. The maximum atomic E-state index is 12.3. The third kappa shape index (κ3) is 13.0. The predicted molar refractivity (Wildman–Crippen MR) is 146 cm³/mol. The Balaban J connectivity index is 0.000000732. The Morgan fingerprint density at radius 2 is 1.55 bits per heavy atom. The smallest absolute Gasteiger partial charge is 0.406 e. The van der Waals surface area contributed by atoms with E-state index in [1.807, 2.05) is 46.8 Å². The molecular formula is C28H37F3N4O5. The number of benzene rings is 2. The van der Waals surface area contributed by atoms with Crippen molar-refractivity contribution < 1.29 is 37.1 Å². The molecule has 3 amide bonds. The molecule has 2 rings (SSSR count). The molecule has 2 aromatic carbocycles. The number of carbonyl (C=O) groups is 4. The SMILES string of the molecule is CCC(=O)c1ccc(OC(F)(F)F)cc1.CCNC(=O)C(NC(=O)C(=N)c1ccccc1C)C(C)(C)C.NC=O. The number of carbonyl (C=O) groups excluding carboxylic acids is 4. The molecule has 0 aliphatic rings. The van der Waals surface area contributed by atoms with E-state index < -0.39 is 23.7 Å². The predicted octanol–water partition coefficient (Wildman–Crippen LogP) is 4.31. The van der Waals surface area contributed by atoms with Gasteiger partial charge in [-0.1, -0.05) is 52.0 Å². The summed E-state index contributed by atoms with van der Waals surface area (Å²) in [5, 5.41) is 13.5. The second-order valence-corrected chi connectivity index (χ2v) is 9.34. The number of Topliss-reactive ketones (excluding diaryl/α,β-unsaturated/α-hetero) is 1. The van der Waals surface area contributed by atoms with E-state index in [0.29, 0.717) is 24.1 Å². The van der Waals surface area contributed by atoms with E-state index >= 15 is 0 Å². The molecule has 0 fully saturated rings. The molecule has 0 aliphatic carbocycles. The Morgan fingerprint density at radius 1 is 1.02 bits per heavy atom. The van der Waals surface area contributed by atoms with E-state index in [2.05, 4.69) is 21.1 Å². The largest absolute Gasteiger partial charge is 0.573 e. The lowest BCUT2D eigenvalue weighted by molar-refractivity contribution is -0.274. The molecule has 5 N–H and O–H groups in total. The lowest BCUT2D eigenvalue weighted by Gasteiger charge is -2.30. The van der Waals surface area contributed by atoms with E-state index in [1.165, 1.54) is 12.1 Å². The number of ether oxygens (including phenoxy) is 1. The summed E-state index contributed by atoms with van der Waals surface area (Å²) >= 11 is 0. The molecule has 1 unspecified atom stereocenters. The second-order valence-electron chi connectivity index (χ2n) is 9.34. The van der Waals surface area contributed by atoms with Gasteiger partial charge in [0, 0.05) is 24.1 Å². The highest BCUT2D eigenvalue weighted by Crippen LogP contribution is 2.23. The van der Waals surface area contributed by atoms with E-state index in [1.54, 1.807) is 19.1 Å². The van der Waals surface area contributed by atoms with Gasteiger partial charge in [-0.3, -0.25) is 24.6 Å². The molecule has 0 saturated carbocycles. The number of halogens is 3. The van der Waals surface area contributed by atoms with Crippen molar-refractivity contribution >= 4 is 29.7 Å². The van der Waals surface area contributed by atoms with Crippen LogP contribution in [0.25, 0.3) is 0 Å². The summed E-state index contributed by atoms with van der Waals surface area (Å²) in [6.07, 6.45) is -4.13. The van der Waals surface area contributed by atoms with Crippen molar-refractivity contribution in [2.75, 3.05) is 6.54 Å². The number of likely N-dealkylation sites (N-methyl/N-ethyl adjacent to an activating group) is 1. The van der Waals surface area contributed by atoms with Crippen LogP contribution in [-0.2, 0) is 14.4 Å². The quantitative estimate of drug-likeness (QED) is 0.213. The molecule has 0 aromatic heterocycles. The molecule has 40 heavy (non-hydrogen) atoms. The highest BCUT2D eigenvalue weighted by Gasteiger charge is 2.33. The highest BCUT2D eigenvalue weighted by molar-refractivity contribution is 6.44. The van der Waals surface area contributed by atoms with Crippen LogP contribution in [0.4, 0.5) is 13.2 Å². The normalized spacial score (nSPS) is 11.3. The first-order valence-electron chi connectivity index (χ1n) is 12.3. The highest BCUT2D eigenvalue weighted by atomic mass is 19.4. The Labute approximate surface area is 232 Å². The molecule has 0 saturated heterocycles. The molecule has 0 heterocycles. The maximum Gasteiger partial charge on any atom is 0.573 e. The summed E-state index contributed by atoms with van der Waals surface area (Å²) in [5.41, 5.74) is 5.40. The summed E-state index contributed by atoms with van der Waals surface area (Å²) < 4.78 is 39.0. The molecule has 220 valence electrons. The van der Waals surface area contributed by atoms with Gasteiger partial charge >= 0.3 is 6.36 Å². The number of primary amides is 1. The monoisotopic (exact) mass is 566 g/mol. The topological polar surface area (TPSA) is 151 Å². The third-order valence-electron chi connectivity index (χ3n) is 5.13. The van der Waals surface area contributed by atoms with Gasteiger partial charge in [-0.15, -0.1) is 13.2 Å². The summed E-state index contributed by atoms with van der Waals surface area (Å²) in [6.45, 7) is 11.5. The zero-order valence-corrected chi connectivity index (χ0v) is 23.4. The van der Waals surface area contributed by atoms with E-state index in [9.17, 15) is 27.6 Å². The number of alkyl halides is 3. The minimum atomic E-state index is -4.70. The van der Waals surface area contributed by atoms with Crippen LogP contribution in [-0.4, -0.2) is 48.7 Å². The first-order valence-corrected chi connectivity index (χ1v) is 12.3. The summed E-state index contributed by atoms with van der Waals surface area (Å²) in [7, 11) is 0. The Morgan fingerprint density at radius 3 is 1.98 bits per heavy atom. The van der Waals surface area contributed by atoms with Crippen LogP contribution < -0.4 is 21.1 Å². The van der Waals surface area contributed by atoms with Crippen molar-refractivity contribution in [3.05, 3.63) is 65.2 Å². The Kier molecular flexibility index (Phi) is 14.9. The van der Waals surface area contributed by atoms with Crippen molar-refractivity contribution in [1.82, 2.24) is 10.6 Å². The number of rotatable bonds is 8. The van der Waals surface area contributed by atoms with Crippen LogP contribution in [0, 0.1) is 17.7 Å². The molecule has 1 atom stereocenters. The molecular weight excluding hydrogens is 529 g/mol. The number of hydrogen-bond acceptors (Lipinski definition) is 6. The summed E-state index contributed by atoms with van der Waals surface area (Å²) in [5.74, 6) is -1.22. The first kappa shape index (κ1) is 35.8. The van der Waals surface area contributed by atoms with Gasteiger partial charge in [-0.25, -0.2) is 0 Å². The fraction of sp³-hybridized carbons (Fsp3) is 0.393. The zero-order valence-electron chi connectivity index (χ0n) is 23.4. The van der Waals surface area contributed by atoms with Crippen molar-refractivity contribution in [1.29, 1.82) is 5.41 Å². The van der Waals surface area contributed by atoms with E-state index in [-0.39, 0.29) is 29.6 Å². The standard InChI is InChI=1S/C17H25N3O2.C10H9F3O2.CH3NO/c1-6-19-16(22)14(17(3,4)5)20-15(21)13(18)12-10-8-7-9-11(12)2;1-2-9(14)7-3-5-8(6-4-7)15-10(11,12)13;2-1-3/h7-10,14,18H,6H2,1-5H3,(H,19,22)(H,20,21);3-6H,2H2,1H3;1H,(H2,2,3). The minimum Gasteiger partial charge on any atom is -0.406 e. The van der Waals surface area contributed by atoms with Gasteiger partial charge in [0.15, 0.2) is 5.78 Å². The van der Waals surface area contributed by atoms with Crippen LogP contribution in [0.3, 0.4) is 0 Å². The Hall–Kier alpha value is -4.22. The fourth-order valence-corrected chi connectivity index (χ4v) is 3.18. The number of nitrogens with one attached hydrogen (secondary N) is 3. The van der Waals surface area contributed by atoms with Crippen LogP contribution in [0.15, 0.2) is 48.5 Å². The van der Waals surface area contributed by atoms with Crippen molar-refractivity contribution in [3.8, 4) is 5.75 Å². The number of hydrogen-bond donors (Lipinski definition) is 4. The van der Waals surface area contributed by atoms with Gasteiger partial charge < -0.3 is 21.1 Å². The Bertz CT molecular complexity index is 1140. The van der Waals surface area contributed by atoms with Gasteiger partial charge in [-0.2, -0.15) is 0 Å². The number of nitrogens with two attached hydrogens (primary N) is 1. The molecule has 0 spiro atoms. The summed E-state index contributed by atoms with van der Waals surface area (Å²) in [6, 6.07) is 11.4. The first-order chi connectivity index (χ1) is 18.5. The van der Waals surface area contributed by atoms with Gasteiger partial charge in [0.05, 0.1) is 0 Å². The van der Waals surface area contributed by atoms with Gasteiger partial charge in [-0.05, 0) is 49.1 Å². The molecule has 0 bridgehead atoms. The van der Waals surface area contributed by atoms with E-state index in [0.717, 1.165) is 17.7 Å². The van der Waals surface area contributed by atoms with Crippen LogP contribution >= 0.6 is 0 Å². The van der Waals surface area contributed by atoms with Crippen molar-refractivity contribution in [2.45, 2.75) is 60.4 Å². The van der Waals surface area contributed by atoms with E-state index in [4.69, 9.17) is 10.2 Å². The number of ketones is 1. The molecule has 0 radical (unpaired) electrons. The van der Waals surface area contributed by atoms with Gasteiger partial charge in [0.2, 0.25) is 12.3 Å². The molecule has 0 aliphatic heterocycles. The third-order valence-corrected chi connectivity index (χ3v) is 5.13. The second kappa shape index (κ2) is 16.7. The van der Waals surface area contributed by atoms with Gasteiger partial charge in [0.1, 0.15) is 17.5 Å². The van der Waals surface area contributed by atoms with Crippen LogP contribution in [0.5, 0.6) is 5.75 Å². The number of aryl methyl sites for hydroxylation is 1. The number of amides is 3. The molecule has 2 aromatic rings. The lowest BCUT2D eigenvalue weighted by atomic mass is 9.85. The van der Waals surface area contributed by atoms with Gasteiger partial charge in [0.25, 0.3) is 5.91 Å². The lowest BCUT2D eigenvalue weighted by Crippen LogP contribution is -2.55. The van der Waals surface area contributed by atoms with Crippen molar-refractivity contribution in [3.63, 3.8) is 0 Å². The summed E-state index contributed by atoms with van der Waals surface area (Å²) in [4.78, 5) is 44.2. The van der Waals surface area contributed by atoms with Crippen LogP contribution in [0.1, 0.15) is 62.5 Å². The minimum absolute atomic E-state index is 0.117. The fourth-order valence-electron chi connectivity index (χ4n) is 3.18. The average Bonchev–Trinajstić information content (AvgIpc) is 2.86. The van der Waals surface area contributed by atoms with Crippen LogP contribution in [0.2, 0.25) is 0 Å². The average molecular weight is 567 g/mol. The molecule has 12 heteroatoms.